The third-order valence-electron chi connectivity index (χ3n) is 5.31. The fraction of sp³-hybridized carbons (Fsp3) is 0.304. The van der Waals surface area contributed by atoms with Gasteiger partial charge in [-0.3, -0.25) is 0 Å². The Morgan fingerprint density at radius 1 is 1.03 bits per heavy atom. The highest BCUT2D eigenvalue weighted by Crippen LogP contribution is 2.29. The molecule has 0 aliphatic heterocycles. The first-order valence-electron chi connectivity index (χ1n) is 9.75. The van der Waals surface area contributed by atoms with E-state index in [1.807, 2.05) is 49.4 Å². The third kappa shape index (κ3) is 5.11. The Morgan fingerprint density at radius 3 is 2.23 bits per heavy atom. The normalized spacial score (nSPS) is 18.4. The highest BCUT2D eigenvalue weighted by Gasteiger charge is 2.32. The van der Waals surface area contributed by atoms with Crippen LogP contribution in [-0.2, 0) is 14.8 Å². The van der Waals surface area contributed by atoms with E-state index >= 15 is 0 Å². The van der Waals surface area contributed by atoms with Crippen molar-refractivity contribution in [2.24, 2.45) is 11.7 Å². The molecule has 3 N–H and O–H groups in total. The second-order valence-corrected chi connectivity index (χ2v) is 9.04. The quantitative estimate of drug-likeness (QED) is 0.672. The maximum atomic E-state index is 13.1. The predicted molar refractivity (Wildman–Crippen MR) is 118 cm³/mol. The third-order valence-corrected chi connectivity index (χ3v) is 6.78. The summed E-state index contributed by atoms with van der Waals surface area (Å²) in [6, 6.07) is 13.0. The Bertz CT molecular complexity index is 1010. The van der Waals surface area contributed by atoms with Gasteiger partial charge < -0.3 is 15.2 Å². The molecule has 2 aromatic carbocycles. The molecule has 0 spiro atoms. The van der Waals surface area contributed by atoms with E-state index in [0.717, 1.165) is 16.9 Å². The summed E-state index contributed by atoms with van der Waals surface area (Å²) >= 11 is 0. The van der Waals surface area contributed by atoms with E-state index in [0.29, 0.717) is 12.2 Å². The minimum Gasteiger partial charge on any atom is -0.497 e. The second-order valence-electron chi connectivity index (χ2n) is 7.33. The molecule has 7 heteroatoms. The molecule has 0 amide bonds. The maximum Gasteiger partial charge on any atom is 0.240 e. The van der Waals surface area contributed by atoms with Crippen LogP contribution in [0.15, 0.2) is 77.4 Å². The first-order chi connectivity index (χ1) is 14.3. The van der Waals surface area contributed by atoms with Crippen molar-refractivity contribution in [3.63, 3.8) is 0 Å². The van der Waals surface area contributed by atoms with Crippen LogP contribution < -0.4 is 15.2 Å². The lowest BCUT2D eigenvalue weighted by Gasteiger charge is -2.32. The second kappa shape index (κ2) is 9.47. The summed E-state index contributed by atoms with van der Waals surface area (Å²) in [4.78, 5) is 0.216. The van der Waals surface area contributed by atoms with Gasteiger partial charge in [-0.05, 0) is 61.2 Å². The van der Waals surface area contributed by atoms with Gasteiger partial charge in [-0.25, -0.2) is 13.1 Å². The van der Waals surface area contributed by atoms with E-state index in [2.05, 4.69) is 4.72 Å². The van der Waals surface area contributed by atoms with Crippen LogP contribution in [0.5, 0.6) is 5.75 Å². The smallest absolute Gasteiger partial charge is 0.240 e. The summed E-state index contributed by atoms with van der Waals surface area (Å²) in [5.74, 6) is 1.35. The summed E-state index contributed by atoms with van der Waals surface area (Å²) in [7, 11) is -0.546. The highest BCUT2D eigenvalue weighted by molar-refractivity contribution is 7.89. The molecule has 3 rings (SSSR count). The van der Waals surface area contributed by atoms with Gasteiger partial charge in [0.25, 0.3) is 0 Å². The van der Waals surface area contributed by atoms with E-state index < -0.39 is 22.1 Å². The fourth-order valence-corrected chi connectivity index (χ4v) is 4.77. The topological polar surface area (TPSA) is 90.7 Å². The SMILES string of the molecule is COC1=CCC([C@@H](NS(=O)(=O)c2ccc(C)cc2)[C@H](N)c2ccc(OC)cc2)C=C1. The van der Waals surface area contributed by atoms with Gasteiger partial charge in [-0.1, -0.05) is 35.9 Å². The van der Waals surface area contributed by atoms with Crippen LogP contribution in [0.2, 0.25) is 0 Å². The Hall–Kier alpha value is -2.61. The van der Waals surface area contributed by atoms with E-state index in [9.17, 15) is 8.42 Å². The van der Waals surface area contributed by atoms with E-state index in [1.54, 1.807) is 38.5 Å². The Labute approximate surface area is 178 Å². The van der Waals surface area contributed by atoms with Crippen molar-refractivity contribution in [2.45, 2.75) is 30.3 Å². The number of allylic oxidation sites excluding steroid dienone is 2. The van der Waals surface area contributed by atoms with Crippen LogP contribution in [0.3, 0.4) is 0 Å². The van der Waals surface area contributed by atoms with Gasteiger partial charge in [0.15, 0.2) is 0 Å². The van der Waals surface area contributed by atoms with E-state index in [-0.39, 0.29) is 10.8 Å². The molecule has 0 heterocycles. The lowest BCUT2D eigenvalue weighted by Crippen LogP contribution is -2.47. The number of methoxy groups -OCH3 is 2. The monoisotopic (exact) mass is 428 g/mol. The first-order valence-corrected chi connectivity index (χ1v) is 11.2. The molecule has 1 aliphatic rings. The molecule has 0 aromatic heterocycles. The first kappa shape index (κ1) is 22.1. The van der Waals surface area contributed by atoms with Crippen LogP contribution in [0.25, 0.3) is 0 Å². The van der Waals surface area contributed by atoms with Gasteiger partial charge in [0.1, 0.15) is 11.5 Å². The van der Waals surface area contributed by atoms with Crippen molar-refractivity contribution in [3.05, 3.63) is 83.6 Å². The van der Waals surface area contributed by atoms with Crippen molar-refractivity contribution in [3.8, 4) is 5.75 Å². The molecule has 1 aliphatic carbocycles. The van der Waals surface area contributed by atoms with Crippen LogP contribution in [0, 0.1) is 12.8 Å². The number of hydrogen-bond acceptors (Lipinski definition) is 5. The van der Waals surface area contributed by atoms with Crippen molar-refractivity contribution in [2.75, 3.05) is 14.2 Å². The Balaban J connectivity index is 1.91. The number of benzene rings is 2. The highest BCUT2D eigenvalue weighted by atomic mass is 32.2. The van der Waals surface area contributed by atoms with Crippen molar-refractivity contribution in [1.29, 1.82) is 0 Å². The zero-order valence-corrected chi connectivity index (χ0v) is 18.2. The largest absolute Gasteiger partial charge is 0.497 e. The molecule has 0 radical (unpaired) electrons. The molecule has 0 bridgehead atoms. The summed E-state index contributed by atoms with van der Waals surface area (Å²) < 4.78 is 39.5. The molecule has 30 heavy (non-hydrogen) atoms. The summed E-state index contributed by atoms with van der Waals surface area (Å²) in [6.07, 6.45) is 6.36. The lowest BCUT2D eigenvalue weighted by molar-refractivity contribution is 0.297. The average Bonchev–Trinajstić information content (AvgIpc) is 2.77. The molecule has 6 nitrogen and oxygen atoms in total. The standard InChI is InChI=1S/C23H28N2O4S/c1-16-4-14-21(15-5-16)30(26,27)25-23(18-8-12-20(29-3)13-9-18)22(24)17-6-10-19(28-2)11-7-17/h4-8,10-15,18,22-23,25H,9,24H2,1-3H3/t18?,22-,23-/m1/s1. The van der Waals surface area contributed by atoms with Gasteiger partial charge in [-0.2, -0.15) is 0 Å². The number of nitrogens with one attached hydrogen (secondary N) is 1. The lowest BCUT2D eigenvalue weighted by atomic mass is 9.86. The molecule has 160 valence electrons. The predicted octanol–water partition coefficient (Wildman–Crippen LogP) is 3.46. The minimum atomic E-state index is -3.75. The Morgan fingerprint density at radius 2 is 1.70 bits per heavy atom. The molecule has 2 aromatic rings. The van der Waals surface area contributed by atoms with Crippen molar-refractivity contribution in [1.82, 2.24) is 4.72 Å². The molecule has 0 saturated carbocycles. The van der Waals surface area contributed by atoms with Gasteiger partial charge in [0.05, 0.1) is 19.1 Å². The molecule has 0 saturated heterocycles. The number of sulfonamides is 1. The fourth-order valence-electron chi connectivity index (χ4n) is 3.46. The van der Waals surface area contributed by atoms with E-state index in [4.69, 9.17) is 15.2 Å². The number of aryl methyl sites for hydroxylation is 1. The van der Waals surface area contributed by atoms with Crippen LogP contribution in [-0.4, -0.2) is 28.7 Å². The van der Waals surface area contributed by atoms with Crippen molar-refractivity contribution < 1.29 is 17.9 Å². The van der Waals surface area contributed by atoms with E-state index in [1.165, 1.54) is 0 Å². The van der Waals surface area contributed by atoms with Crippen molar-refractivity contribution >= 4 is 10.0 Å². The van der Waals surface area contributed by atoms with Gasteiger partial charge in [0.2, 0.25) is 10.0 Å². The molecule has 3 atom stereocenters. The van der Waals surface area contributed by atoms with Gasteiger partial charge >= 0.3 is 0 Å². The summed E-state index contributed by atoms with van der Waals surface area (Å²) in [6.45, 7) is 1.92. The summed E-state index contributed by atoms with van der Waals surface area (Å²) in [5.41, 5.74) is 8.40. The number of ether oxygens (including phenoxy) is 2. The molecular formula is C23H28N2O4S. The number of hydrogen-bond donors (Lipinski definition) is 2. The van der Waals surface area contributed by atoms with Gasteiger partial charge in [0, 0.05) is 12.1 Å². The average molecular weight is 429 g/mol. The molecule has 1 unspecified atom stereocenters. The Kier molecular flexibility index (Phi) is 6.97. The molecular weight excluding hydrogens is 400 g/mol. The van der Waals surface area contributed by atoms with Crippen LogP contribution in [0.1, 0.15) is 23.6 Å². The maximum absolute atomic E-state index is 13.1. The van der Waals surface area contributed by atoms with Crippen LogP contribution in [0.4, 0.5) is 0 Å². The van der Waals surface area contributed by atoms with Crippen LogP contribution >= 0.6 is 0 Å². The minimum absolute atomic E-state index is 0.124. The number of rotatable bonds is 8. The zero-order chi connectivity index (χ0) is 21.7. The zero-order valence-electron chi connectivity index (χ0n) is 17.4. The molecule has 0 fully saturated rings. The number of nitrogens with two attached hydrogens (primary N) is 1. The van der Waals surface area contributed by atoms with Gasteiger partial charge in [-0.15, -0.1) is 0 Å². The summed E-state index contributed by atoms with van der Waals surface area (Å²) in [5, 5.41) is 0.